The molecule has 7 heteroatoms. The van der Waals surface area contributed by atoms with E-state index in [9.17, 15) is 0 Å². The van der Waals surface area contributed by atoms with Crippen LogP contribution in [-0.2, 0) is 6.54 Å². The van der Waals surface area contributed by atoms with Crippen LogP contribution in [0.25, 0.3) is 0 Å². The molecule has 0 bridgehead atoms. The lowest BCUT2D eigenvalue weighted by molar-refractivity contribution is 0.337. The third-order valence-corrected chi connectivity index (χ3v) is 3.78. The highest BCUT2D eigenvalue weighted by Crippen LogP contribution is 2.22. The number of rotatable bonds is 8. The first-order valence-corrected chi connectivity index (χ1v) is 8.55. The quantitative estimate of drug-likeness (QED) is 0.757. The summed E-state index contributed by atoms with van der Waals surface area (Å²) >= 11 is 3.49. The smallest absolute Gasteiger partial charge is 0.223 e. The second-order valence-corrected chi connectivity index (χ2v) is 5.75. The SMILES string of the molecule is CCOc1cnc(NCc2cc(Br)cnc2N(CC)CC)nc1. The van der Waals surface area contributed by atoms with Crippen molar-refractivity contribution in [2.45, 2.75) is 27.3 Å². The second-order valence-electron chi connectivity index (χ2n) is 4.84. The largest absolute Gasteiger partial charge is 0.491 e. The monoisotopic (exact) mass is 379 g/mol. The summed E-state index contributed by atoms with van der Waals surface area (Å²) in [6.45, 7) is 9.22. The first kappa shape index (κ1) is 17.5. The van der Waals surface area contributed by atoms with Gasteiger partial charge in [-0.15, -0.1) is 0 Å². The van der Waals surface area contributed by atoms with Crippen molar-refractivity contribution in [1.82, 2.24) is 15.0 Å². The molecular weight excluding hydrogens is 358 g/mol. The predicted octanol–water partition coefficient (Wildman–Crippen LogP) is 3.49. The number of halogens is 1. The van der Waals surface area contributed by atoms with Crippen LogP contribution in [0.4, 0.5) is 11.8 Å². The Labute approximate surface area is 145 Å². The van der Waals surface area contributed by atoms with Crippen molar-refractivity contribution >= 4 is 27.7 Å². The Bertz CT molecular complexity index is 616. The fourth-order valence-corrected chi connectivity index (χ4v) is 2.61. The molecule has 2 rings (SSSR count). The molecule has 0 radical (unpaired) electrons. The minimum absolute atomic E-state index is 0.568. The zero-order chi connectivity index (χ0) is 16.7. The highest BCUT2D eigenvalue weighted by molar-refractivity contribution is 9.10. The van der Waals surface area contributed by atoms with E-state index in [1.54, 1.807) is 12.4 Å². The third kappa shape index (κ3) is 4.79. The molecule has 6 nitrogen and oxygen atoms in total. The van der Waals surface area contributed by atoms with Crippen LogP contribution in [0.5, 0.6) is 5.75 Å². The van der Waals surface area contributed by atoms with Gasteiger partial charge in [0.1, 0.15) is 5.82 Å². The molecule has 2 heterocycles. The van der Waals surface area contributed by atoms with E-state index in [0.717, 1.165) is 28.9 Å². The van der Waals surface area contributed by atoms with Crippen molar-refractivity contribution in [2.24, 2.45) is 0 Å². The lowest BCUT2D eigenvalue weighted by atomic mass is 10.2. The van der Waals surface area contributed by atoms with Crippen LogP contribution in [0.3, 0.4) is 0 Å². The normalized spacial score (nSPS) is 10.4. The summed E-state index contributed by atoms with van der Waals surface area (Å²) < 4.78 is 6.30. The third-order valence-electron chi connectivity index (χ3n) is 3.35. The molecule has 0 aliphatic rings. The Hall–Kier alpha value is -1.89. The lowest BCUT2D eigenvalue weighted by Gasteiger charge is -2.23. The van der Waals surface area contributed by atoms with Crippen molar-refractivity contribution in [1.29, 1.82) is 0 Å². The average molecular weight is 380 g/mol. The summed E-state index contributed by atoms with van der Waals surface area (Å²) in [5.74, 6) is 2.22. The summed E-state index contributed by atoms with van der Waals surface area (Å²) in [6.07, 6.45) is 5.16. The van der Waals surface area contributed by atoms with Crippen LogP contribution >= 0.6 is 15.9 Å². The van der Waals surface area contributed by atoms with Crippen LogP contribution in [0.1, 0.15) is 26.3 Å². The standard InChI is InChI=1S/C16H22BrN5O/c1-4-22(5-2)15-12(7-13(17)9-18-15)8-19-16-20-10-14(11-21-16)23-6-3/h7,9-11H,4-6,8H2,1-3H3,(H,19,20,21). The average Bonchev–Trinajstić information content (AvgIpc) is 2.57. The van der Waals surface area contributed by atoms with Gasteiger partial charge in [-0.3, -0.25) is 0 Å². The molecule has 2 aromatic heterocycles. The second kappa shape index (κ2) is 8.67. The molecule has 0 spiro atoms. The number of aromatic nitrogens is 3. The van der Waals surface area contributed by atoms with Crippen LogP contribution in [0, 0.1) is 0 Å². The molecule has 0 aromatic carbocycles. The highest BCUT2D eigenvalue weighted by Gasteiger charge is 2.11. The molecule has 0 unspecified atom stereocenters. The van der Waals surface area contributed by atoms with Crippen LogP contribution in [-0.4, -0.2) is 34.6 Å². The number of pyridine rings is 1. The molecule has 124 valence electrons. The predicted molar refractivity (Wildman–Crippen MR) is 96.0 cm³/mol. The van der Waals surface area contributed by atoms with Crippen molar-refractivity contribution in [2.75, 3.05) is 29.9 Å². The Morgan fingerprint density at radius 2 is 1.78 bits per heavy atom. The number of ether oxygens (including phenoxy) is 1. The molecule has 1 N–H and O–H groups in total. The molecule has 23 heavy (non-hydrogen) atoms. The Morgan fingerprint density at radius 3 is 2.39 bits per heavy atom. The van der Waals surface area contributed by atoms with Crippen LogP contribution in [0.2, 0.25) is 0 Å². The minimum Gasteiger partial charge on any atom is -0.491 e. The minimum atomic E-state index is 0.568. The van der Waals surface area contributed by atoms with Gasteiger partial charge in [0.05, 0.1) is 19.0 Å². The van der Waals surface area contributed by atoms with Gasteiger partial charge in [-0.2, -0.15) is 0 Å². The molecule has 0 atom stereocenters. The molecule has 0 amide bonds. The van der Waals surface area contributed by atoms with E-state index < -0.39 is 0 Å². The first-order chi connectivity index (χ1) is 11.2. The summed E-state index contributed by atoms with van der Waals surface area (Å²) in [6, 6.07) is 2.07. The van der Waals surface area contributed by atoms with Gasteiger partial charge in [0.25, 0.3) is 0 Å². The van der Waals surface area contributed by atoms with E-state index in [0.29, 0.717) is 24.8 Å². The maximum atomic E-state index is 5.34. The lowest BCUT2D eigenvalue weighted by Crippen LogP contribution is -2.25. The molecule has 0 aliphatic carbocycles. The van der Waals surface area contributed by atoms with Gasteiger partial charge in [-0.25, -0.2) is 15.0 Å². The van der Waals surface area contributed by atoms with Crippen molar-refractivity contribution < 1.29 is 4.74 Å². The van der Waals surface area contributed by atoms with Gasteiger partial charge in [0.2, 0.25) is 5.95 Å². The van der Waals surface area contributed by atoms with E-state index in [-0.39, 0.29) is 0 Å². The summed E-state index contributed by atoms with van der Waals surface area (Å²) in [5, 5.41) is 3.24. The maximum Gasteiger partial charge on any atom is 0.223 e. The van der Waals surface area contributed by atoms with E-state index in [4.69, 9.17) is 4.74 Å². The molecule has 0 fully saturated rings. The van der Waals surface area contributed by atoms with Crippen LogP contribution in [0.15, 0.2) is 29.1 Å². The van der Waals surface area contributed by atoms with Gasteiger partial charge in [-0.05, 0) is 42.8 Å². The fourth-order valence-electron chi connectivity index (χ4n) is 2.23. The number of hydrogen-bond acceptors (Lipinski definition) is 6. The van der Waals surface area contributed by atoms with Gasteiger partial charge in [0.15, 0.2) is 5.75 Å². The number of hydrogen-bond donors (Lipinski definition) is 1. The van der Waals surface area contributed by atoms with Crippen LogP contribution < -0.4 is 15.0 Å². The Kier molecular flexibility index (Phi) is 6.58. The fraction of sp³-hybridized carbons (Fsp3) is 0.438. The van der Waals surface area contributed by atoms with Crippen molar-refractivity contribution in [3.8, 4) is 5.75 Å². The highest BCUT2D eigenvalue weighted by atomic mass is 79.9. The molecule has 0 aliphatic heterocycles. The van der Waals surface area contributed by atoms with Gasteiger partial charge in [-0.1, -0.05) is 0 Å². The summed E-state index contributed by atoms with van der Waals surface area (Å²) in [5.41, 5.74) is 1.10. The van der Waals surface area contributed by atoms with Gasteiger partial charge >= 0.3 is 0 Å². The molecule has 0 saturated heterocycles. The van der Waals surface area contributed by atoms with Crippen molar-refractivity contribution in [3.63, 3.8) is 0 Å². The van der Waals surface area contributed by atoms with Crippen molar-refractivity contribution in [3.05, 3.63) is 34.7 Å². The summed E-state index contributed by atoms with van der Waals surface area (Å²) in [7, 11) is 0. The van der Waals surface area contributed by atoms with E-state index in [1.165, 1.54) is 0 Å². The van der Waals surface area contributed by atoms with Gasteiger partial charge in [0, 0.05) is 35.9 Å². The molecular formula is C16H22BrN5O. The number of nitrogens with zero attached hydrogens (tertiary/aromatic N) is 4. The number of anilines is 2. The maximum absolute atomic E-state index is 5.34. The zero-order valence-corrected chi connectivity index (χ0v) is 15.3. The molecule has 0 saturated carbocycles. The van der Waals surface area contributed by atoms with E-state index in [2.05, 4.69) is 61.0 Å². The summed E-state index contributed by atoms with van der Waals surface area (Å²) in [4.78, 5) is 15.3. The topological polar surface area (TPSA) is 63.2 Å². The Balaban J connectivity index is 2.11. The van der Waals surface area contributed by atoms with E-state index >= 15 is 0 Å². The van der Waals surface area contributed by atoms with Gasteiger partial charge < -0.3 is 15.0 Å². The zero-order valence-electron chi connectivity index (χ0n) is 13.7. The Morgan fingerprint density at radius 1 is 1.09 bits per heavy atom. The molecule has 2 aromatic rings. The first-order valence-electron chi connectivity index (χ1n) is 7.76. The van der Waals surface area contributed by atoms with E-state index in [1.807, 2.05) is 13.1 Å². The number of nitrogens with one attached hydrogen (secondary N) is 1.